The van der Waals surface area contributed by atoms with Crippen molar-refractivity contribution in [2.75, 3.05) is 26.4 Å². The molecule has 0 radical (unpaired) electrons. The van der Waals surface area contributed by atoms with Crippen molar-refractivity contribution in [3.63, 3.8) is 0 Å². The standard InChI is InChI=1S/C85H158N2O21/c1-4-6-8-10-12-14-16-18-20-22-23-24-25-26-27-28-29-30-31-32-33-34-35-36-37-38-39-40-41-43-45-47-49-51-53-55-57-59-72(95)87-66(67(92)58-56-54-52-50-48-46-44-42-21-19-17-15-13-11-9-7-5-2)64-103-82-77(99)76(98)79(71(63-90)105-82)106-83-78(100)81(75(97)70(62-89)104-83)108-85(84(101)102)60-68(93)73(86-65(3)91)80(107-85)74(96)69(94)61-88/h27-28,30-31,66-71,73-83,88-90,92-94,96-100H,4-26,29,32-64H2,1-3H3,(H,86,91)(H,87,95)(H,101,102)/b28-27-,31-30-. The number of carbonyl (C=O) groups is 3. The van der Waals surface area contributed by atoms with Gasteiger partial charge in [-0.05, 0) is 44.9 Å². The number of aliphatic carboxylic acids is 1. The van der Waals surface area contributed by atoms with Crippen LogP contribution in [0.25, 0.3) is 0 Å². The Bertz CT molecular complexity index is 2240. The molecular formula is C85H158N2O21. The summed E-state index contributed by atoms with van der Waals surface area (Å²) in [6, 6.07) is -2.53. The fraction of sp³-hybridized carbons (Fsp3) is 0.918. The van der Waals surface area contributed by atoms with E-state index in [9.17, 15) is 75.7 Å². The highest BCUT2D eigenvalue weighted by molar-refractivity contribution is 5.77. The smallest absolute Gasteiger partial charge is 0.364 e. The van der Waals surface area contributed by atoms with E-state index in [1.54, 1.807) is 0 Å². The summed E-state index contributed by atoms with van der Waals surface area (Å²) in [5.41, 5.74) is 0. The van der Waals surface area contributed by atoms with Gasteiger partial charge in [0, 0.05) is 19.8 Å². The van der Waals surface area contributed by atoms with Crippen molar-refractivity contribution in [2.24, 2.45) is 0 Å². The SMILES string of the molecule is CCCCCCCCCCCCCCC/C=C\C/C=C\CCCCCCCCCCCCCCCCCCCC(=O)NC(COC1OC(CO)C(OC2OC(CO)C(O)C(OC3(C(=O)O)CC(O)C(NC(C)=O)C(C(O)C(O)CO)O3)C2O)C(O)C1O)C(O)CCCCCCCCCCCCCCCCCCC. The molecule has 3 rings (SSSR count). The van der Waals surface area contributed by atoms with E-state index in [2.05, 4.69) is 48.8 Å². The summed E-state index contributed by atoms with van der Waals surface area (Å²) in [5.74, 6) is -6.09. The summed E-state index contributed by atoms with van der Waals surface area (Å²) in [6.07, 6.45) is 43.4. The van der Waals surface area contributed by atoms with Crippen molar-refractivity contribution in [2.45, 2.75) is 471 Å². The Morgan fingerprint density at radius 1 is 0.481 bits per heavy atom. The van der Waals surface area contributed by atoms with Gasteiger partial charge < -0.3 is 100 Å². The molecule has 2 amide bonds. The molecule has 3 aliphatic heterocycles. The molecule has 3 fully saturated rings. The summed E-state index contributed by atoms with van der Waals surface area (Å²) < 4.78 is 35.0. The topological polar surface area (TPSA) is 373 Å². The van der Waals surface area contributed by atoms with Gasteiger partial charge in [-0.3, -0.25) is 9.59 Å². The predicted octanol–water partition coefficient (Wildman–Crippen LogP) is 13.1. The highest BCUT2D eigenvalue weighted by Crippen LogP contribution is 2.39. The third-order valence-corrected chi connectivity index (χ3v) is 22.2. The van der Waals surface area contributed by atoms with Gasteiger partial charge in [0.15, 0.2) is 12.6 Å². The second-order valence-electron chi connectivity index (χ2n) is 31.8. The minimum Gasteiger partial charge on any atom is -0.477 e. The molecule has 0 aromatic rings. The van der Waals surface area contributed by atoms with Crippen LogP contribution in [0.4, 0.5) is 0 Å². The van der Waals surface area contributed by atoms with E-state index in [4.69, 9.17) is 28.4 Å². The summed E-state index contributed by atoms with van der Waals surface area (Å²) >= 11 is 0. The van der Waals surface area contributed by atoms with Crippen LogP contribution in [-0.2, 0) is 42.8 Å². The van der Waals surface area contributed by atoms with Gasteiger partial charge in [0.25, 0.3) is 5.79 Å². The molecule has 108 heavy (non-hydrogen) atoms. The zero-order valence-corrected chi connectivity index (χ0v) is 67.5. The largest absolute Gasteiger partial charge is 0.477 e. The number of carbonyl (C=O) groups excluding carboxylic acids is 2. The minimum atomic E-state index is -3.08. The van der Waals surface area contributed by atoms with Crippen molar-refractivity contribution in [3.05, 3.63) is 24.3 Å². The van der Waals surface area contributed by atoms with Crippen LogP contribution in [0.2, 0.25) is 0 Å². The Morgan fingerprint density at radius 3 is 1.30 bits per heavy atom. The van der Waals surface area contributed by atoms with E-state index >= 15 is 0 Å². The Hall–Kier alpha value is -2.79. The van der Waals surface area contributed by atoms with Gasteiger partial charge in [0.1, 0.15) is 67.1 Å². The zero-order chi connectivity index (χ0) is 78.8. The number of hydrogen-bond donors (Lipinski definition) is 14. The molecule has 3 heterocycles. The van der Waals surface area contributed by atoms with Gasteiger partial charge in [-0.1, -0.05) is 321 Å². The molecule has 0 aliphatic carbocycles. The Labute approximate surface area is 651 Å². The fourth-order valence-electron chi connectivity index (χ4n) is 15.3. The van der Waals surface area contributed by atoms with E-state index in [-0.39, 0.29) is 18.9 Å². The second-order valence-corrected chi connectivity index (χ2v) is 31.8. The summed E-state index contributed by atoms with van der Waals surface area (Å²) in [4.78, 5) is 38.7. The summed E-state index contributed by atoms with van der Waals surface area (Å²) in [5, 5.41) is 137. The predicted molar refractivity (Wildman–Crippen MR) is 421 cm³/mol. The van der Waals surface area contributed by atoms with Crippen molar-refractivity contribution >= 4 is 17.8 Å². The quantitative estimate of drug-likeness (QED) is 0.0199. The highest BCUT2D eigenvalue weighted by Gasteiger charge is 2.60. The third kappa shape index (κ3) is 42.5. The summed E-state index contributed by atoms with van der Waals surface area (Å²) in [7, 11) is 0. The van der Waals surface area contributed by atoms with E-state index in [1.165, 1.54) is 250 Å². The maximum absolute atomic E-state index is 13.6. The molecule has 634 valence electrons. The molecule has 18 unspecified atom stereocenters. The molecular weight excluding hydrogens is 1380 g/mol. The number of amides is 2. The molecule has 0 aromatic carbocycles. The molecule has 0 spiro atoms. The first-order valence-electron chi connectivity index (χ1n) is 43.7. The number of carboxylic acid groups (broad SMARTS) is 1. The molecule has 23 heteroatoms. The van der Waals surface area contributed by atoms with Crippen LogP contribution in [0.3, 0.4) is 0 Å². The van der Waals surface area contributed by atoms with Gasteiger partial charge in [-0.25, -0.2) is 4.79 Å². The lowest BCUT2D eigenvalue weighted by molar-refractivity contribution is -0.386. The average Bonchev–Trinajstić information content (AvgIpc) is 0.755. The number of nitrogens with one attached hydrogen (secondary N) is 2. The Morgan fingerprint density at radius 2 is 0.889 bits per heavy atom. The van der Waals surface area contributed by atoms with Gasteiger partial charge in [-0.2, -0.15) is 0 Å². The molecule has 14 N–H and O–H groups in total. The molecule has 18 atom stereocenters. The van der Waals surface area contributed by atoms with Crippen LogP contribution in [0.5, 0.6) is 0 Å². The molecule has 23 nitrogen and oxygen atoms in total. The van der Waals surface area contributed by atoms with Gasteiger partial charge in [-0.15, -0.1) is 0 Å². The fourth-order valence-corrected chi connectivity index (χ4v) is 15.3. The Kier molecular flexibility index (Phi) is 58.5. The number of allylic oxidation sites excluding steroid dienone is 4. The molecule has 0 saturated carbocycles. The van der Waals surface area contributed by atoms with E-state index in [0.29, 0.717) is 19.3 Å². The molecule has 3 aliphatic rings. The van der Waals surface area contributed by atoms with Crippen LogP contribution in [0, 0.1) is 0 Å². The van der Waals surface area contributed by atoms with Gasteiger partial charge >= 0.3 is 5.97 Å². The average molecular weight is 1540 g/mol. The van der Waals surface area contributed by atoms with Crippen LogP contribution in [0.1, 0.15) is 361 Å². The highest BCUT2D eigenvalue weighted by atomic mass is 16.8. The molecule has 3 saturated heterocycles. The van der Waals surface area contributed by atoms with Crippen LogP contribution < -0.4 is 10.6 Å². The maximum atomic E-state index is 13.6. The summed E-state index contributed by atoms with van der Waals surface area (Å²) in [6.45, 7) is 2.26. The molecule has 0 bridgehead atoms. The van der Waals surface area contributed by atoms with Gasteiger partial charge in [0.2, 0.25) is 11.8 Å². The number of aliphatic hydroxyl groups is 11. The van der Waals surface area contributed by atoms with Crippen LogP contribution in [-0.4, -0.2) is 215 Å². The number of hydrogen-bond acceptors (Lipinski definition) is 20. The van der Waals surface area contributed by atoms with E-state index in [1.807, 2.05) is 0 Å². The zero-order valence-electron chi connectivity index (χ0n) is 67.5. The normalized spacial score (nSPS) is 25.9. The number of aliphatic hydroxyl groups excluding tert-OH is 11. The first-order chi connectivity index (χ1) is 52.4. The van der Waals surface area contributed by atoms with Crippen molar-refractivity contribution < 1.29 is 104 Å². The first-order valence-corrected chi connectivity index (χ1v) is 43.7. The van der Waals surface area contributed by atoms with Crippen LogP contribution in [0.15, 0.2) is 24.3 Å². The lowest BCUT2D eigenvalue weighted by Gasteiger charge is -2.50. The maximum Gasteiger partial charge on any atom is 0.364 e. The molecule has 0 aromatic heterocycles. The first kappa shape index (κ1) is 99.4. The van der Waals surface area contributed by atoms with Crippen molar-refractivity contribution in [3.8, 4) is 0 Å². The third-order valence-electron chi connectivity index (χ3n) is 22.2. The van der Waals surface area contributed by atoms with Crippen molar-refractivity contribution in [1.82, 2.24) is 10.6 Å². The lowest BCUT2D eigenvalue weighted by Crippen LogP contribution is -2.70. The van der Waals surface area contributed by atoms with Gasteiger partial charge in [0.05, 0.1) is 50.7 Å². The Balaban J connectivity index is 1.42. The minimum absolute atomic E-state index is 0.226. The number of carboxylic acids is 1. The van der Waals surface area contributed by atoms with Crippen molar-refractivity contribution in [1.29, 1.82) is 0 Å². The monoisotopic (exact) mass is 1540 g/mol. The number of rotatable bonds is 70. The van der Waals surface area contributed by atoms with E-state index in [0.717, 1.165) is 64.7 Å². The lowest BCUT2D eigenvalue weighted by atomic mass is 9.88. The number of ether oxygens (including phenoxy) is 6. The number of unbranched alkanes of at least 4 members (excludes halogenated alkanes) is 46. The van der Waals surface area contributed by atoms with Crippen LogP contribution >= 0.6 is 0 Å². The van der Waals surface area contributed by atoms with E-state index < -0.39 is 148 Å². The second kappa shape index (κ2) is 63.5.